The molecule has 0 saturated heterocycles. The molecular formula is C17H20N2O2. The van der Waals surface area contributed by atoms with Crippen LogP contribution < -0.4 is 0 Å². The van der Waals surface area contributed by atoms with E-state index in [2.05, 4.69) is 19.2 Å². The molecule has 0 bridgehead atoms. The molecule has 2 amide bonds. The van der Waals surface area contributed by atoms with E-state index in [4.69, 9.17) is 0 Å². The number of carbonyl (C=O) groups excluding carboxylic acids is 2. The SMILES string of the molecule is C=CCN(CC=C)C(=O)C(=O)N1CCc2ccccc2C1. The minimum absolute atomic E-state index is 0.348. The highest BCUT2D eigenvalue weighted by Crippen LogP contribution is 2.18. The van der Waals surface area contributed by atoms with Crippen molar-refractivity contribution in [1.29, 1.82) is 0 Å². The Morgan fingerprint density at radius 1 is 1.14 bits per heavy atom. The van der Waals surface area contributed by atoms with Gasteiger partial charge in [-0.25, -0.2) is 0 Å². The van der Waals surface area contributed by atoms with Crippen molar-refractivity contribution in [3.63, 3.8) is 0 Å². The van der Waals surface area contributed by atoms with Crippen molar-refractivity contribution in [3.8, 4) is 0 Å². The van der Waals surface area contributed by atoms with E-state index in [9.17, 15) is 9.59 Å². The summed E-state index contributed by atoms with van der Waals surface area (Å²) in [5, 5.41) is 0. The summed E-state index contributed by atoms with van der Waals surface area (Å²) in [6.45, 7) is 9.00. The second-order valence-corrected chi connectivity index (χ2v) is 5.03. The summed E-state index contributed by atoms with van der Waals surface area (Å²) in [4.78, 5) is 27.7. The summed E-state index contributed by atoms with van der Waals surface area (Å²) in [7, 11) is 0. The predicted octanol–water partition coefficient (Wildman–Crippen LogP) is 1.77. The Balaban J connectivity index is 2.08. The van der Waals surface area contributed by atoms with Gasteiger partial charge in [0.05, 0.1) is 0 Å². The zero-order valence-electron chi connectivity index (χ0n) is 12.1. The van der Waals surface area contributed by atoms with E-state index in [1.54, 1.807) is 17.1 Å². The number of amides is 2. The number of carbonyl (C=O) groups is 2. The Morgan fingerprint density at radius 2 is 1.76 bits per heavy atom. The third-order valence-electron chi connectivity index (χ3n) is 3.59. The zero-order chi connectivity index (χ0) is 15.2. The molecule has 21 heavy (non-hydrogen) atoms. The Morgan fingerprint density at radius 3 is 2.38 bits per heavy atom. The maximum absolute atomic E-state index is 12.4. The summed E-state index contributed by atoms with van der Waals surface area (Å²) in [6.07, 6.45) is 4.01. The summed E-state index contributed by atoms with van der Waals surface area (Å²) in [5.74, 6) is -0.942. The van der Waals surface area contributed by atoms with Crippen molar-refractivity contribution >= 4 is 11.8 Å². The van der Waals surface area contributed by atoms with Crippen LogP contribution in [0.25, 0.3) is 0 Å². The van der Waals surface area contributed by atoms with Crippen molar-refractivity contribution < 1.29 is 9.59 Å². The first kappa shape index (κ1) is 15.0. The monoisotopic (exact) mass is 284 g/mol. The Bertz CT molecular complexity index is 556. The van der Waals surface area contributed by atoms with Crippen LogP contribution in [0.4, 0.5) is 0 Å². The third-order valence-corrected chi connectivity index (χ3v) is 3.59. The highest BCUT2D eigenvalue weighted by atomic mass is 16.2. The van der Waals surface area contributed by atoms with Crippen molar-refractivity contribution in [3.05, 3.63) is 60.7 Å². The zero-order valence-corrected chi connectivity index (χ0v) is 12.1. The van der Waals surface area contributed by atoms with E-state index >= 15 is 0 Å². The molecule has 0 unspecified atom stereocenters. The van der Waals surface area contributed by atoms with E-state index in [-0.39, 0.29) is 0 Å². The van der Waals surface area contributed by atoms with Crippen molar-refractivity contribution in [1.82, 2.24) is 9.80 Å². The van der Waals surface area contributed by atoms with Gasteiger partial charge in [0, 0.05) is 26.2 Å². The maximum Gasteiger partial charge on any atom is 0.312 e. The summed E-state index contributed by atoms with van der Waals surface area (Å²) < 4.78 is 0. The first-order valence-electron chi connectivity index (χ1n) is 7.04. The Kier molecular flexibility index (Phi) is 4.93. The van der Waals surface area contributed by atoms with E-state index < -0.39 is 11.8 Å². The lowest BCUT2D eigenvalue weighted by Crippen LogP contribution is -2.47. The van der Waals surface area contributed by atoms with Crippen LogP contribution in [-0.2, 0) is 22.6 Å². The van der Waals surface area contributed by atoms with Gasteiger partial charge in [-0.1, -0.05) is 36.4 Å². The van der Waals surface area contributed by atoms with Gasteiger partial charge >= 0.3 is 11.8 Å². The van der Waals surface area contributed by atoms with Crippen LogP contribution in [0.15, 0.2) is 49.6 Å². The van der Waals surface area contributed by atoms with Gasteiger partial charge in [-0.05, 0) is 17.5 Å². The standard InChI is InChI=1S/C17H20N2O2/c1-3-10-18(11-4-2)16(20)17(21)19-12-9-14-7-5-6-8-15(14)13-19/h3-8H,1-2,9-13H2. The normalized spacial score (nSPS) is 13.2. The molecule has 0 fully saturated rings. The number of hydrogen-bond donors (Lipinski definition) is 0. The number of benzene rings is 1. The van der Waals surface area contributed by atoms with E-state index in [1.807, 2.05) is 18.2 Å². The van der Waals surface area contributed by atoms with Crippen LogP contribution in [-0.4, -0.2) is 41.2 Å². The number of nitrogens with zero attached hydrogens (tertiary/aromatic N) is 2. The first-order valence-corrected chi connectivity index (χ1v) is 7.04. The molecule has 0 aliphatic carbocycles. The smallest absolute Gasteiger partial charge is 0.312 e. The molecule has 0 spiro atoms. The minimum Gasteiger partial charge on any atom is -0.330 e. The van der Waals surface area contributed by atoms with Gasteiger partial charge in [-0.15, -0.1) is 13.2 Å². The fraction of sp³-hybridized carbons (Fsp3) is 0.294. The molecule has 0 aromatic heterocycles. The van der Waals surface area contributed by atoms with Crippen molar-refractivity contribution in [2.75, 3.05) is 19.6 Å². The fourth-order valence-electron chi connectivity index (χ4n) is 2.49. The Labute approximate surface area is 125 Å². The van der Waals surface area contributed by atoms with E-state index in [0.717, 1.165) is 12.0 Å². The second-order valence-electron chi connectivity index (χ2n) is 5.03. The topological polar surface area (TPSA) is 40.6 Å². The average Bonchev–Trinajstić information content (AvgIpc) is 2.53. The van der Waals surface area contributed by atoms with E-state index in [0.29, 0.717) is 26.2 Å². The summed E-state index contributed by atoms with van der Waals surface area (Å²) in [5.41, 5.74) is 2.37. The highest BCUT2D eigenvalue weighted by Gasteiger charge is 2.28. The molecule has 1 aromatic rings. The molecule has 1 aliphatic heterocycles. The Hall–Kier alpha value is -2.36. The van der Waals surface area contributed by atoms with Gasteiger partial charge in [0.1, 0.15) is 0 Å². The molecule has 0 saturated carbocycles. The molecule has 1 heterocycles. The lowest BCUT2D eigenvalue weighted by molar-refractivity contribution is -0.151. The molecule has 4 heteroatoms. The minimum atomic E-state index is -0.491. The second kappa shape index (κ2) is 6.88. The molecular weight excluding hydrogens is 264 g/mol. The maximum atomic E-state index is 12.4. The molecule has 1 aliphatic rings. The largest absolute Gasteiger partial charge is 0.330 e. The highest BCUT2D eigenvalue weighted by molar-refractivity contribution is 6.34. The van der Waals surface area contributed by atoms with Crippen molar-refractivity contribution in [2.24, 2.45) is 0 Å². The first-order chi connectivity index (χ1) is 10.2. The molecule has 110 valence electrons. The van der Waals surface area contributed by atoms with Gasteiger partial charge < -0.3 is 9.80 Å². The van der Waals surface area contributed by atoms with Gasteiger partial charge in [0.2, 0.25) is 0 Å². The van der Waals surface area contributed by atoms with Gasteiger partial charge in [0.15, 0.2) is 0 Å². The van der Waals surface area contributed by atoms with Gasteiger partial charge in [-0.2, -0.15) is 0 Å². The molecule has 2 rings (SSSR count). The van der Waals surface area contributed by atoms with E-state index in [1.165, 1.54) is 10.5 Å². The molecule has 0 atom stereocenters. The van der Waals surface area contributed by atoms with Crippen molar-refractivity contribution in [2.45, 2.75) is 13.0 Å². The van der Waals surface area contributed by atoms with Crippen LogP contribution in [0.2, 0.25) is 0 Å². The quantitative estimate of drug-likeness (QED) is 0.624. The van der Waals surface area contributed by atoms with Gasteiger partial charge in [0.25, 0.3) is 0 Å². The lowest BCUT2D eigenvalue weighted by Gasteiger charge is -2.30. The predicted molar refractivity (Wildman–Crippen MR) is 82.5 cm³/mol. The van der Waals surface area contributed by atoms with Gasteiger partial charge in [-0.3, -0.25) is 9.59 Å². The molecule has 0 N–H and O–H groups in total. The molecule has 0 radical (unpaired) electrons. The lowest BCUT2D eigenvalue weighted by atomic mass is 10.00. The number of hydrogen-bond acceptors (Lipinski definition) is 2. The van der Waals surface area contributed by atoms with Crippen LogP contribution in [0, 0.1) is 0 Å². The van der Waals surface area contributed by atoms with Crippen LogP contribution in [0.3, 0.4) is 0 Å². The number of rotatable bonds is 4. The average molecular weight is 284 g/mol. The van der Waals surface area contributed by atoms with Crippen LogP contribution >= 0.6 is 0 Å². The third kappa shape index (κ3) is 3.40. The summed E-state index contributed by atoms with van der Waals surface area (Å²) in [6, 6.07) is 8.03. The van der Waals surface area contributed by atoms with Crippen LogP contribution in [0.5, 0.6) is 0 Å². The number of fused-ring (bicyclic) bond motifs is 1. The van der Waals surface area contributed by atoms with Crippen LogP contribution in [0.1, 0.15) is 11.1 Å². The fourth-order valence-corrected chi connectivity index (χ4v) is 2.49. The molecule has 4 nitrogen and oxygen atoms in total. The summed E-state index contributed by atoms with van der Waals surface area (Å²) >= 11 is 0. The molecule has 1 aromatic carbocycles.